The van der Waals surface area contributed by atoms with Gasteiger partial charge in [0.25, 0.3) is 0 Å². The largest absolute Gasteiger partial charge is 0.504 e. The summed E-state index contributed by atoms with van der Waals surface area (Å²) in [6.45, 7) is 0. The lowest BCUT2D eigenvalue weighted by molar-refractivity contribution is -0.136. The molecule has 15 heavy (non-hydrogen) atoms. The van der Waals surface area contributed by atoms with Gasteiger partial charge in [0.15, 0.2) is 11.5 Å². The van der Waals surface area contributed by atoms with Gasteiger partial charge in [0, 0.05) is 17.5 Å². The van der Waals surface area contributed by atoms with Crippen molar-refractivity contribution in [1.82, 2.24) is 0 Å². The highest BCUT2D eigenvalue weighted by Gasteiger charge is 2.09. The third kappa shape index (κ3) is 3.02. The van der Waals surface area contributed by atoms with Crippen LogP contribution in [0.15, 0.2) is 12.1 Å². The number of methoxy groups -OCH3 is 1. The molecule has 1 rings (SSSR count). The van der Waals surface area contributed by atoms with Gasteiger partial charge in [0.2, 0.25) is 0 Å². The van der Waals surface area contributed by atoms with Gasteiger partial charge in [0.1, 0.15) is 0 Å². The number of phenols is 1. The molecule has 0 amide bonds. The van der Waals surface area contributed by atoms with E-state index in [1.165, 1.54) is 19.2 Å². The number of hydrogen-bond donors (Lipinski definition) is 2. The number of aryl methyl sites for hydroxylation is 1. The zero-order valence-corrected chi connectivity index (χ0v) is 8.91. The molecule has 0 atom stereocenters. The second-order valence-corrected chi connectivity index (χ2v) is 3.42. The molecule has 0 aliphatic heterocycles. The van der Waals surface area contributed by atoms with E-state index in [0.29, 0.717) is 10.6 Å². The summed E-state index contributed by atoms with van der Waals surface area (Å²) >= 11 is 5.88. The maximum atomic E-state index is 10.4. The number of carbonyl (C=O) groups is 1. The summed E-state index contributed by atoms with van der Waals surface area (Å²) in [5, 5.41) is 18.3. The van der Waals surface area contributed by atoms with Crippen LogP contribution in [0.3, 0.4) is 0 Å². The van der Waals surface area contributed by atoms with Crippen LogP contribution in [0.4, 0.5) is 0 Å². The van der Waals surface area contributed by atoms with E-state index in [1.54, 1.807) is 0 Å². The molecule has 0 radical (unpaired) electrons. The fraction of sp³-hybridized carbons (Fsp3) is 0.300. The molecular formula is C10H11ClO4. The summed E-state index contributed by atoms with van der Waals surface area (Å²) in [6, 6.07) is 2.89. The molecule has 0 spiro atoms. The predicted octanol–water partition coefficient (Wildman–Crippen LogP) is 2.07. The highest BCUT2D eigenvalue weighted by Crippen LogP contribution is 2.32. The Morgan fingerprint density at radius 2 is 2.20 bits per heavy atom. The second kappa shape index (κ2) is 4.89. The topological polar surface area (TPSA) is 66.8 Å². The van der Waals surface area contributed by atoms with Crippen LogP contribution < -0.4 is 4.74 Å². The van der Waals surface area contributed by atoms with Gasteiger partial charge in [0.05, 0.1) is 7.11 Å². The molecule has 0 aliphatic rings. The minimum Gasteiger partial charge on any atom is -0.504 e. The van der Waals surface area contributed by atoms with Gasteiger partial charge in [-0.2, -0.15) is 0 Å². The smallest absolute Gasteiger partial charge is 0.303 e. The average molecular weight is 231 g/mol. The van der Waals surface area contributed by atoms with Gasteiger partial charge in [-0.15, -0.1) is 0 Å². The van der Waals surface area contributed by atoms with Crippen LogP contribution in [-0.4, -0.2) is 23.3 Å². The Morgan fingerprint density at radius 3 is 2.73 bits per heavy atom. The summed E-state index contributed by atoms with van der Waals surface area (Å²) < 4.78 is 4.86. The molecule has 0 aromatic heterocycles. The standard InChI is InChI=1S/C10H11ClO4/c1-15-9-5-7(11)6(4-8(9)12)2-3-10(13)14/h4-5,12H,2-3H2,1H3,(H,13,14). The van der Waals surface area contributed by atoms with Gasteiger partial charge < -0.3 is 14.9 Å². The van der Waals surface area contributed by atoms with Crippen LogP contribution in [0.2, 0.25) is 5.02 Å². The molecule has 0 bridgehead atoms. The third-order valence-electron chi connectivity index (χ3n) is 1.96. The maximum absolute atomic E-state index is 10.4. The van der Waals surface area contributed by atoms with Crippen molar-refractivity contribution in [3.8, 4) is 11.5 Å². The number of phenolic OH excluding ortho intramolecular Hbond substituents is 1. The number of hydrogen-bond acceptors (Lipinski definition) is 3. The number of ether oxygens (including phenoxy) is 1. The van der Waals surface area contributed by atoms with Crippen LogP contribution in [-0.2, 0) is 11.2 Å². The lowest BCUT2D eigenvalue weighted by Crippen LogP contribution is -1.98. The summed E-state index contributed by atoms with van der Waals surface area (Å²) in [7, 11) is 1.42. The first-order valence-corrected chi connectivity index (χ1v) is 4.69. The molecular weight excluding hydrogens is 220 g/mol. The Balaban J connectivity index is 2.90. The predicted molar refractivity (Wildman–Crippen MR) is 55.6 cm³/mol. The van der Waals surface area contributed by atoms with Crippen molar-refractivity contribution >= 4 is 17.6 Å². The zero-order chi connectivity index (χ0) is 11.4. The summed E-state index contributed by atoms with van der Waals surface area (Å²) in [4.78, 5) is 10.4. The summed E-state index contributed by atoms with van der Waals surface area (Å²) in [6.07, 6.45) is 0.261. The minimum atomic E-state index is -0.902. The number of halogens is 1. The van der Waals surface area contributed by atoms with E-state index in [4.69, 9.17) is 21.4 Å². The number of rotatable bonds is 4. The van der Waals surface area contributed by atoms with Crippen molar-refractivity contribution in [2.75, 3.05) is 7.11 Å². The molecule has 82 valence electrons. The molecule has 0 saturated carbocycles. The lowest BCUT2D eigenvalue weighted by Gasteiger charge is -2.07. The fourth-order valence-electron chi connectivity index (χ4n) is 1.18. The zero-order valence-electron chi connectivity index (χ0n) is 8.16. The molecule has 0 aliphatic carbocycles. The first-order chi connectivity index (χ1) is 7.04. The second-order valence-electron chi connectivity index (χ2n) is 3.01. The van der Waals surface area contributed by atoms with E-state index < -0.39 is 5.97 Å². The van der Waals surface area contributed by atoms with E-state index >= 15 is 0 Å². The van der Waals surface area contributed by atoms with E-state index in [1.807, 2.05) is 0 Å². The normalized spacial score (nSPS) is 10.0. The molecule has 2 N–H and O–H groups in total. The molecule has 0 heterocycles. The van der Waals surface area contributed by atoms with Crippen molar-refractivity contribution in [2.24, 2.45) is 0 Å². The number of aromatic hydroxyl groups is 1. The molecule has 0 unspecified atom stereocenters. The van der Waals surface area contributed by atoms with Crippen molar-refractivity contribution < 1.29 is 19.7 Å². The van der Waals surface area contributed by atoms with Crippen LogP contribution in [0.5, 0.6) is 11.5 Å². The first kappa shape index (κ1) is 11.7. The number of aliphatic carboxylic acids is 1. The number of carboxylic acids is 1. The molecule has 5 heteroatoms. The Hall–Kier alpha value is -1.42. The van der Waals surface area contributed by atoms with E-state index in [2.05, 4.69) is 0 Å². The maximum Gasteiger partial charge on any atom is 0.303 e. The highest BCUT2D eigenvalue weighted by molar-refractivity contribution is 6.31. The quantitative estimate of drug-likeness (QED) is 0.831. The fourth-order valence-corrected chi connectivity index (χ4v) is 1.43. The van der Waals surface area contributed by atoms with Gasteiger partial charge >= 0.3 is 5.97 Å². The average Bonchev–Trinajstić information content (AvgIpc) is 2.18. The number of carboxylic acid groups (broad SMARTS) is 1. The highest BCUT2D eigenvalue weighted by atomic mass is 35.5. The van der Waals surface area contributed by atoms with Gasteiger partial charge in [-0.1, -0.05) is 11.6 Å². The Morgan fingerprint density at radius 1 is 1.53 bits per heavy atom. The molecule has 0 saturated heterocycles. The van der Waals surface area contributed by atoms with Crippen molar-refractivity contribution in [3.63, 3.8) is 0 Å². The first-order valence-electron chi connectivity index (χ1n) is 4.31. The monoisotopic (exact) mass is 230 g/mol. The van der Waals surface area contributed by atoms with Crippen LogP contribution in [0.25, 0.3) is 0 Å². The number of benzene rings is 1. The van der Waals surface area contributed by atoms with Gasteiger partial charge in [-0.25, -0.2) is 0 Å². The van der Waals surface area contributed by atoms with Gasteiger partial charge in [-0.05, 0) is 18.1 Å². The van der Waals surface area contributed by atoms with Crippen molar-refractivity contribution in [3.05, 3.63) is 22.7 Å². The third-order valence-corrected chi connectivity index (χ3v) is 2.31. The lowest BCUT2D eigenvalue weighted by atomic mass is 10.1. The van der Waals surface area contributed by atoms with E-state index in [9.17, 15) is 9.90 Å². The molecule has 1 aromatic rings. The van der Waals surface area contributed by atoms with E-state index in [-0.39, 0.29) is 24.3 Å². The molecule has 4 nitrogen and oxygen atoms in total. The van der Waals surface area contributed by atoms with Crippen LogP contribution >= 0.6 is 11.6 Å². The molecule has 0 fully saturated rings. The van der Waals surface area contributed by atoms with Gasteiger partial charge in [-0.3, -0.25) is 4.79 Å². The molecule has 1 aromatic carbocycles. The van der Waals surface area contributed by atoms with Crippen molar-refractivity contribution in [2.45, 2.75) is 12.8 Å². The Labute approximate surface area is 92.1 Å². The Bertz CT molecular complexity index is 376. The van der Waals surface area contributed by atoms with Crippen LogP contribution in [0, 0.1) is 0 Å². The van der Waals surface area contributed by atoms with E-state index in [0.717, 1.165) is 0 Å². The van der Waals surface area contributed by atoms with Crippen LogP contribution in [0.1, 0.15) is 12.0 Å². The summed E-state index contributed by atoms with van der Waals surface area (Å²) in [5.41, 5.74) is 0.595. The SMILES string of the molecule is COc1cc(Cl)c(CCC(=O)O)cc1O. The van der Waals surface area contributed by atoms with Crippen molar-refractivity contribution in [1.29, 1.82) is 0 Å². The summed E-state index contributed by atoms with van der Waals surface area (Å²) in [5.74, 6) is -0.664. The Kier molecular flexibility index (Phi) is 3.80. The minimum absolute atomic E-state index is 0.0223.